The molecule has 1 atom stereocenters. The van der Waals surface area contributed by atoms with Gasteiger partial charge in [-0.2, -0.15) is 0 Å². The fourth-order valence-corrected chi connectivity index (χ4v) is 12.4. The molecule has 0 radical (unpaired) electrons. The smallest absolute Gasteiger partial charge is 0.162 e. The summed E-state index contributed by atoms with van der Waals surface area (Å²) in [5.41, 5.74) is 0. The van der Waals surface area contributed by atoms with Gasteiger partial charge in [-0.3, -0.25) is 0 Å². The second kappa shape index (κ2) is 8.98. The van der Waals surface area contributed by atoms with Gasteiger partial charge >= 0.3 is 0 Å². The van der Waals surface area contributed by atoms with Crippen molar-refractivity contribution >= 4 is 207 Å². The van der Waals surface area contributed by atoms with E-state index in [2.05, 4.69) is 207 Å². The maximum Gasteiger partial charge on any atom is 0.162 e. The second-order valence-corrected chi connectivity index (χ2v) is 29.0. The number of ether oxygens (including phenoxy) is 1. The summed E-state index contributed by atoms with van der Waals surface area (Å²) in [6.07, 6.45) is 0.942. The standard InChI is InChI=1S/C9H5Br13O/c10-4(11,1-3-2-23-3)5(12,13)6(14,15)7(16,17)8(18,19)9(20,21)22/h3H,1-2H2. The predicted octanol–water partition coefficient (Wildman–Crippen LogP) is 10.0. The molecule has 0 saturated carbocycles. The van der Waals surface area contributed by atoms with E-state index in [1.165, 1.54) is 0 Å². The summed E-state index contributed by atoms with van der Waals surface area (Å²) in [5, 5.41) is 0. The number of hydrogen-bond acceptors (Lipinski definition) is 1. The first kappa shape index (κ1) is 27.2. The Kier molecular flexibility index (Phi) is 10.6. The van der Waals surface area contributed by atoms with Crippen molar-refractivity contribution in [2.75, 3.05) is 6.61 Å². The quantitative estimate of drug-likeness (QED) is 0.191. The first-order valence-corrected chi connectivity index (χ1v) is 15.7. The zero-order valence-corrected chi connectivity index (χ0v) is 30.9. The molecule has 1 rings (SSSR count). The van der Waals surface area contributed by atoms with Crippen molar-refractivity contribution in [3.05, 3.63) is 0 Å². The van der Waals surface area contributed by atoms with E-state index in [4.69, 9.17) is 4.74 Å². The molecule has 138 valence electrons. The summed E-state index contributed by atoms with van der Waals surface area (Å²) in [6, 6.07) is 0. The number of epoxide rings is 1. The molecule has 0 aliphatic carbocycles. The Balaban J connectivity index is 3.30. The van der Waals surface area contributed by atoms with E-state index in [9.17, 15) is 0 Å². The molecule has 1 saturated heterocycles. The van der Waals surface area contributed by atoms with Crippen molar-refractivity contribution in [3.8, 4) is 0 Å². The predicted molar refractivity (Wildman–Crippen MR) is 147 cm³/mol. The molecule has 1 unspecified atom stereocenters. The van der Waals surface area contributed by atoms with Gasteiger partial charge < -0.3 is 4.74 Å². The van der Waals surface area contributed by atoms with Gasteiger partial charge in [0.2, 0.25) is 0 Å². The van der Waals surface area contributed by atoms with Crippen molar-refractivity contribution < 1.29 is 4.74 Å². The first-order chi connectivity index (χ1) is 9.83. The van der Waals surface area contributed by atoms with Crippen molar-refractivity contribution in [1.29, 1.82) is 0 Å². The van der Waals surface area contributed by atoms with E-state index >= 15 is 0 Å². The molecule has 1 aliphatic heterocycles. The first-order valence-electron chi connectivity index (χ1n) is 5.40. The second-order valence-electron chi connectivity index (χ2n) is 4.66. The van der Waals surface area contributed by atoms with Crippen molar-refractivity contribution in [3.63, 3.8) is 0 Å². The molecule has 23 heavy (non-hydrogen) atoms. The summed E-state index contributed by atoms with van der Waals surface area (Å²) in [6.45, 7) is 0.758. The molecule has 0 aromatic rings. The van der Waals surface area contributed by atoms with E-state index in [1.54, 1.807) is 0 Å². The highest BCUT2D eigenvalue weighted by atomic mass is 80.0. The molecule has 0 aromatic carbocycles. The molecular formula is C9H5Br13O. The average molecular weight is 1170 g/mol. The fourth-order valence-electron chi connectivity index (χ4n) is 1.40. The van der Waals surface area contributed by atoms with Crippen LogP contribution in [0.4, 0.5) is 0 Å². The Morgan fingerprint density at radius 1 is 0.609 bits per heavy atom. The highest BCUT2D eigenvalue weighted by Gasteiger charge is 2.73. The van der Waals surface area contributed by atoms with E-state index in [-0.39, 0.29) is 6.10 Å². The third-order valence-electron chi connectivity index (χ3n) is 2.88. The van der Waals surface area contributed by atoms with Crippen LogP contribution in [-0.2, 0) is 4.74 Å². The van der Waals surface area contributed by atoms with E-state index in [0.717, 1.165) is 13.0 Å². The van der Waals surface area contributed by atoms with Gasteiger partial charge in [0.15, 0.2) is 2.14 Å². The Hall–Kier alpha value is 6.20. The molecule has 14 heteroatoms. The fraction of sp³-hybridized carbons (Fsp3) is 1.00. The molecule has 1 nitrogen and oxygen atoms in total. The SMILES string of the molecule is BrC(Br)(Br)C(Br)(Br)C(Br)(Br)C(Br)(Br)C(Br)(Br)C(Br)(Br)CC1CO1. The van der Waals surface area contributed by atoms with E-state index in [1.807, 2.05) is 0 Å². The van der Waals surface area contributed by atoms with E-state index in [0.29, 0.717) is 0 Å². The average Bonchev–Trinajstić information content (AvgIpc) is 3.09. The van der Waals surface area contributed by atoms with Gasteiger partial charge in [0.1, 0.15) is 16.2 Å². The van der Waals surface area contributed by atoms with Gasteiger partial charge in [-0.05, 0) is 0 Å². The molecule has 0 amide bonds. The summed E-state index contributed by atoms with van der Waals surface area (Å²) in [7, 11) is 0. The Bertz CT molecular complexity index is 447. The largest absolute Gasteiger partial charge is 0.373 e. The molecule has 1 fully saturated rings. The normalized spacial score (nSPS) is 21.5. The summed E-state index contributed by atoms with van der Waals surface area (Å²) in [4.78, 5) is 0. The lowest BCUT2D eigenvalue weighted by molar-refractivity contribution is 0.387. The van der Waals surface area contributed by atoms with Gasteiger partial charge in [-0.15, -0.1) is 0 Å². The molecule has 1 heterocycles. The maximum absolute atomic E-state index is 5.36. The van der Waals surface area contributed by atoms with Gasteiger partial charge in [0.05, 0.1) is 12.7 Å². The van der Waals surface area contributed by atoms with Gasteiger partial charge in [0.25, 0.3) is 0 Å². The van der Waals surface area contributed by atoms with Crippen LogP contribution in [0.3, 0.4) is 0 Å². The van der Waals surface area contributed by atoms with Gasteiger partial charge in [-0.25, -0.2) is 0 Å². The molecule has 0 aromatic heterocycles. The number of rotatable bonds is 6. The van der Waals surface area contributed by atoms with E-state index < -0.39 is 18.3 Å². The van der Waals surface area contributed by atoms with Crippen LogP contribution in [0.2, 0.25) is 0 Å². The molecule has 0 spiro atoms. The minimum Gasteiger partial charge on any atom is -0.373 e. The Morgan fingerprint density at radius 2 is 0.957 bits per heavy atom. The van der Waals surface area contributed by atoms with Crippen LogP contribution in [0.15, 0.2) is 0 Å². The maximum atomic E-state index is 5.36. The summed E-state index contributed by atoms with van der Waals surface area (Å²) < 4.78 is 0.988. The minimum atomic E-state index is -0.819. The molecule has 0 N–H and O–H groups in total. The third-order valence-corrected chi connectivity index (χ3v) is 27.9. The topological polar surface area (TPSA) is 12.5 Å². The van der Waals surface area contributed by atoms with Crippen LogP contribution in [-0.4, -0.2) is 31.0 Å². The summed E-state index contributed by atoms with van der Waals surface area (Å²) in [5.74, 6) is 0. The number of alkyl halides is 13. The van der Waals surface area contributed by atoms with Crippen LogP contribution in [0.25, 0.3) is 0 Å². The monoisotopic (exact) mass is 1150 g/mol. The number of halogens is 13. The van der Waals surface area contributed by atoms with Crippen molar-refractivity contribution in [1.82, 2.24) is 0 Å². The van der Waals surface area contributed by atoms with Crippen molar-refractivity contribution in [2.24, 2.45) is 0 Å². The molecule has 1 aliphatic rings. The van der Waals surface area contributed by atoms with Crippen LogP contribution in [0, 0.1) is 0 Å². The van der Waals surface area contributed by atoms with Crippen LogP contribution in [0.1, 0.15) is 6.42 Å². The third kappa shape index (κ3) is 5.52. The van der Waals surface area contributed by atoms with Crippen molar-refractivity contribution in [2.45, 2.75) is 30.8 Å². The van der Waals surface area contributed by atoms with Crippen LogP contribution < -0.4 is 0 Å². The highest BCUT2D eigenvalue weighted by molar-refractivity contribution is 9.42. The Labute approximate surface area is 244 Å². The molecule has 0 bridgehead atoms. The highest BCUT2D eigenvalue weighted by Crippen LogP contribution is 2.75. The lowest BCUT2D eigenvalue weighted by Crippen LogP contribution is -2.63. The lowest BCUT2D eigenvalue weighted by atomic mass is 10.1. The van der Waals surface area contributed by atoms with Gasteiger partial charge in [-0.1, -0.05) is 207 Å². The summed E-state index contributed by atoms with van der Waals surface area (Å²) >= 11 is 48.4. The van der Waals surface area contributed by atoms with Crippen LogP contribution in [0.5, 0.6) is 0 Å². The zero-order valence-electron chi connectivity index (χ0n) is 10.3. The minimum absolute atomic E-state index is 0.208. The number of hydrogen-bond donors (Lipinski definition) is 0. The van der Waals surface area contributed by atoms with Gasteiger partial charge in [0, 0.05) is 6.42 Å². The molecular weight excluding hydrogens is 1160 g/mol. The Morgan fingerprint density at radius 3 is 1.26 bits per heavy atom. The van der Waals surface area contributed by atoms with Crippen LogP contribution >= 0.6 is 207 Å². The lowest BCUT2D eigenvalue weighted by Gasteiger charge is -2.54. The zero-order chi connectivity index (χ0) is 18.7.